The predicted molar refractivity (Wildman–Crippen MR) is 111 cm³/mol. The molecule has 1 aliphatic heterocycles. The quantitative estimate of drug-likeness (QED) is 0.584. The number of alkyl halides is 3. The summed E-state index contributed by atoms with van der Waals surface area (Å²) >= 11 is 0. The number of nitrogens with one attached hydrogen (secondary N) is 1. The van der Waals surface area contributed by atoms with Gasteiger partial charge in [0.1, 0.15) is 0 Å². The molecule has 4 rings (SSSR count). The highest BCUT2D eigenvalue weighted by Gasteiger charge is 2.31. The predicted octanol–water partition coefficient (Wildman–Crippen LogP) is 5.19. The Balaban J connectivity index is 1.52. The maximum Gasteiger partial charge on any atom is 0.416 e. The zero-order chi connectivity index (χ0) is 22.0. The summed E-state index contributed by atoms with van der Waals surface area (Å²) in [7, 11) is 1.51. The number of benzene rings is 2. The number of methoxy groups -OCH3 is 1. The van der Waals surface area contributed by atoms with Gasteiger partial charge in [0.25, 0.3) is 0 Å². The van der Waals surface area contributed by atoms with Crippen molar-refractivity contribution >= 4 is 0 Å². The second-order valence-electron chi connectivity index (χ2n) is 7.86. The Kier molecular flexibility index (Phi) is 5.91. The number of aromatic nitrogens is 2. The molecular weight excluding hydrogens is 407 g/mol. The summed E-state index contributed by atoms with van der Waals surface area (Å²) in [5, 5.41) is 17.2. The molecule has 0 bridgehead atoms. The normalized spacial score (nSPS) is 17.6. The number of phenolic OH excluding ortho intramolecular Hbond substituents is 1. The van der Waals surface area contributed by atoms with Gasteiger partial charge in [-0.3, -0.25) is 10.00 Å². The van der Waals surface area contributed by atoms with Gasteiger partial charge in [-0.2, -0.15) is 18.3 Å². The number of aromatic hydroxyl groups is 1. The fraction of sp³-hybridized carbons (Fsp3) is 0.348. The van der Waals surface area contributed by atoms with Gasteiger partial charge in [0.2, 0.25) is 0 Å². The number of rotatable bonds is 5. The largest absolute Gasteiger partial charge is 0.504 e. The molecule has 1 fully saturated rings. The molecule has 2 heterocycles. The Bertz CT molecular complexity index is 1050. The molecule has 1 aromatic heterocycles. The second-order valence-corrected chi connectivity index (χ2v) is 7.86. The van der Waals surface area contributed by atoms with E-state index in [1.54, 1.807) is 24.4 Å². The minimum absolute atomic E-state index is 0.106. The van der Waals surface area contributed by atoms with E-state index in [-0.39, 0.29) is 11.7 Å². The molecule has 164 valence electrons. The first-order valence-corrected chi connectivity index (χ1v) is 10.1. The first-order chi connectivity index (χ1) is 14.8. The number of piperidine rings is 1. The van der Waals surface area contributed by atoms with Crippen LogP contribution in [0.3, 0.4) is 0 Å². The molecule has 0 spiro atoms. The van der Waals surface area contributed by atoms with Gasteiger partial charge in [0.05, 0.1) is 18.9 Å². The van der Waals surface area contributed by atoms with Crippen molar-refractivity contribution in [1.29, 1.82) is 0 Å². The highest BCUT2D eigenvalue weighted by molar-refractivity contribution is 5.66. The van der Waals surface area contributed by atoms with E-state index in [1.807, 2.05) is 6.07 Å². The lowest BCUT2D eigenvalue weighted by molar-refractivity contribution is -0.137. The van der Waals surface area contributed by atoms with E-state index in [0.29, 0.717) is 23.4 Å². The lowest BCUT2D eigenvalue weighted by Gasteiger charge is -2.32. The fourth-order valence-electron chi connectivity index (χ4n) is 4.23. The van der Waals surface area contributed by atoms with Crippen molar-refractivity contribution in [1.82, 2.24) is 15.1 Å². The summed E-state index contributed by atoms with van der Waals surface area (Å²) < 4.78 is 44.5. The Morgan fingerprint density at radius 1 is 1.23 bits per heavy atom. The standard InChI is InChI=1S/C23H24F3N3O2/c1-31-21-8-7-15(10-20(21)30)13-29-9-3-5-17(14-29)22-19(12-27-28-22)16-4-2-6-18(11-16)23(24,25)26/h2,4,6-8,10-12,17,30H,3,5,9,13-14H2,1H3,(H,27,28)/t17-/m0/s1. The van der Waals surface area contributed by atoms with Crippen LogP contribution >= 0.6 is 0 Å². The smallest absolute Gasteiger partial charge is 0.416 e. The molecule has 3 aromatic rings. The summed E-state index contributed by atoms with van der Waals surface area (Å²) in [5.41, 5.74) is 2.39. The molecule has 2 aromatic carbocycles. The number of likely N-dealkylation sites (tertiary alicyclic amines) is 1. The van der Waals surface area contributed by atoms with Crippen molar-refractivity contribution < 1.29 is 23.0 Å². The van der Waals surface area contributed by atoms with Crippen LogP contribution in [-0.4, -0.2) is 40.4 Å². The molecule has 1 aliphatic rings. The van der Waals surface area contributed by atoms with Gasteiger partial charge in [-0.25, -0.2) is 0 Å². The van der Waals surface area contributed by atoms with Crippen molar-refractivity contribution in [3.05, 3.63) is 65.5 Å². The van der Waals surface area contributed by atoms with Crippen LogP contribution in [0.4, 0.5) is 13.2 Å². The van der Waals surface area contributed by atoms with Crippen molar-refractivity contribution in [2.75, 3.05) is 20.2 Å². The maximum absolute atomic E-state index is 13.1. The molecule has 1 saturated heterocycles. The monoisotopic (exact) mass is 431 g/mol. The summed E-state index contributed by atoms with van der Waals surface area (Å²) in [4.78, 5) is 2.28. The van der Waals surface area contributed by atoms with Gasteiger partial charge in [0, 0.05) is 30.3 Å². The van der Waals surface area contributed by atoms with Crippen LogP contribution in [0, 0.1) is 0 Å². The van der Waals surface area contributed by atoms with Gasteiger partial charge in [-0.1, -0.05) is 18.2 Å². The summed E-state index contributed by atoms with van der Waals surface area (Å²) in [5.74, 6) is 0.671. The van der Waals surface area contributed by atoms with Crippen LogP contribution in [0.1, 0.15) is 35.6 Å². The first-order valence-electron chi connectivity index (χ1n) is 10.1. The zero-order valence-corrected chi connectivity index (χ0v) is 17.1. The molecule has 0 aliphatic carbocycles. The van der Waals surface area contributed by atoms with Crippen molar-refractivity contribution in [3.8, 4) is 22.6 Å². The number of ether oxygens (including phenoxy) is 1. The van der Waals surface area contributed by atoms with Gasteiger partial charge >= 0.3 is 6.18 Å². The number of hydrogen-bond donors (Lipinski definition) is 2. The van der Waals surface area contributed by atoms with Gasteiger partial charge in [-0.15, -0.1) is 0 Å². The van der Waals surface area contributed by atoms with Crippen molar-refractivity contribution in [3.63, 3.8) is 0 Å². The Hall–Kier alpha value is -3.00. The number of phenols is 1. The van der Waals surface area contributed by atoms with Crippen LogP contribution in [0.5, 0.6) is 11.5 Å². The third-order valence-electron chi connectivity index (χ3n) is 5.73. The van der Waals surface area contributed by atoms with Crippen molar-refractivity contribution in [2.24, 2.45) is 0 Å². The number of hydrogen-bond acceptors (Lipinski definition) is 4. The van der Waals surface area contributed by atoms with Crippen LogP contribution in [0.15, 0.2) is 48.7 Å². The summed E-state index contributed by atoms with van der Waals surface area (Å²) in [6, 6.07) is 10.7. The van der Waals surface area contributed by atoms with Gasteiger partial charge < -0.3 is 9.84 Å². The highest BCUT2D eigenvalue weighted by Crippen LogP contribution is 2.36. The molecule has 5 nitrogen and oxygen atoms in total. The third kappa shape index (κ3) is 4.69. The number of aromatic amines is 1. The zero-order valence-electron chi connectivity index (χ0n) is 17.1. The number of halogens is 3. The van der Waals surface area contributed by atoms with Crippen LogP contribution in [-0.2, 0) is 12.7 Å². The molecule has 0 saturated carbocycles. The molecule has 8 heteroatoms. The lowest BCUT2D eigenvalue weighted by atomic mass is 9.90. The van der Waals surface area contributed by atoms with E-state index in [2.05, 4.69) is 15.1 Å². The average Bonchev–Trinajstić information content (AvgIpc) is 3.24. The first kappa shape index (κ1) is 21.2. The highest BCUT2D eigenvalue weighted by atomic mass is 19.4. The molecule has 0 unspecified atom stereocenters. The van der Waals surface area contributed by atoms with Crippen LogP contribution in [0.2, 0.25) is 0 Å². The lowest BCUT2D eigenvalue weighted by Crippen LogP contribution is -2.34. The number of nitrogens with zero attached hydrogens (tertiary/aromatic N) is 2. The van der Waals surface area contributed by atoms with E-state index >= 15 is 0 Å². The van der Waals surface area contributed by atoms with E-state index in [1.165, 1.54) is 19.2 Å². The average molecular weight is 431 g/mol. The topological polar surface area (TPSA) is 61.4 Å². The van der Waals surface area contributed by atoms with E-state index in [4.69, 9.17) is 4.74 Å². The Morgan fingerprint density at radius 2 is 2.06 bits per heavy atom. The molecule has 0 amide bonds. The second kappa shape index (κ2) is 8.63. The molecule has 0 radical (unpaired) electrons. The maximum atomic E-state index is 13.1. The molecule has 2 N–H and O–H groups in total. The Labute approximate surface area is 178 Å². The molecular formula is C23H24F3N3O2. The molecule has 31 heavy (non-hydrogen) atoms. The third-order valence-corrected chi connectivity index (χ3v) is 5.73. The van der Waals surface area contributed by atoms with Crippen LogP contribution in [0.25, 0.3) is 11.1 Å². The fourth-order valence-corrected chi connectivity index (χ4v) is 4.23. The van der Waals surface area contributed by atoms with Gasteiger partial charge in [-0.05, 0) is 54.8 Å². The van der Waals surface area contributed by atoms with E-state index in [0.717, 1.165) is 43.3 Å². The minimum Gasteiger partial charge on any atom is -0.504 e. The van der Waals surface area contributed by atoms with Crippen molar-refractivity contribution in [2.45, 2.75) is 31.5 Å². The van der Waals surface area contributed by atoms with E-state index in [9.17, 15) is 18.3 Å². The van der Waals surface area contributed by atoms with E-state index < -0.39 is 11.7 Å². The van der Waals surface area contributed by atoms with Gasteiger partial charge in [0.15, 0.2) is 11.5 Å². The molecule has 1 atom stereocenters. The summed E-state index contributed by atoms with van der Waals surface area (Å²) in [6.07, 6.45) is -0.886. The Morgan fingerprint density at radius 3 is 2.81 bits per heavy atom. The number of H-pyrrole nitrogens is 1. The SMILES string of the molecule is COc1ccc(CN2CCC[C@H](c3[nH]ncc3-c3cccc(C(F)(F)F)c3)C2)cc1O. The van der Waals surface area contributed by atoms with Crippen LogP contribution < -0.4 is 4.74 Å². The summed E-state index contributed by atoms with van der Waals surface area (Å²) in [6.45, 7) is 2.33. The minimum atomic E-state index is -4.38.